The molecule has 0 atom stereocenters. The topological polar surface area (TPSA) is 120 Å². The highest BCUT2D eigenvalue weighted by Gasteiger charge is 1.97. The first-order valence-corrected chi connectivity index (χ1v) is 11.3. The van der Waals surface area contributed by atoms with Crippen LogP contribution in [0.25, 0.3) is 0 Å². The standard InChI is InChI=1S/C22H42O11/c1-2-4-25-6-8-27-10-12-29-14-16-31-18-20-33-21-19-32-17-15-30-13-11-28-9-7-26-5-3-22(23)24/h2H,1,3-21H2,(H,23,24). The van der Waals surface area contributed by atoms with Gasteiger partial charge in [-0.2, -0.15) is 0 Å². The zero-order valence-electron chi connectivity index (χ0n) is 19.7. The van der Waals surface area contributed by atoms with Gasteiger partial charge in [-0.05, 0) is 0 Å². The summed E-state index contributed by atoms with van der Waals surface area (Å²) in [4.78, 5) is 10.3. The zero-order chi connectivity index (χ0) is 24.1. The van der Waals surface area contributed by atoms with Gasteiger partial charge in [0.1, 0.15) is 0 Å². The molecule has 0 aromatic rings. The maximum atomic E-state index is 10.3. The number of ether oxygens (including phenoxy) is 9. The molecule has 1 N–H and O–H groups in total. The lowest BCUT2D eigenvalue weighted by Gasteiger charge is -2.08. The summed E-state index contributed by atoms with van der Waals surface area (Å²) in [6.45, 7) is 12.2. The Morgan fingerprint density at radius 3 is 0.970 bits per heavy atom. The average Bonchev–Trinajstić information content (AvgIpc) is 2.80. The normalized spacial score (nSPS) is 11.2. The smallest absolute Gasteiger partial charge is 0.305 e. The monoisotopic (exact) mass is 482 g/mol. The molecule has 0 aromatic heterocycles. The maximum absolute atomic E-state index is 10.3. The first kappa shape index (κ1) is 31.9. The number of carbonyl (C=O) groups is 1. The van der Waals surface area contributed by atoms with Crippen LogP contribution in [0.2, 0.25) is 0 Å². The molecule has 11 heteroatoms. The second-order valence-corrected chi connectivity index (χ2v) is 6.41. The number of carboxylic acids is 1. The number of hydrogen-bond acceptors (Lipinski definition) is 10. The molecule has 0 spiro atoms. The quantitative estimate of drug-likeness (QED) is 0.120. The van der Waals surface area contributed by atoms with Gasteiger partial charge in [0.25, 0.3) is 0 Å². The third-order valence-corrected chi connectivity index (χ3v) is 3.67. The molecule has 0 saturated carbocycles. The Kier molecular flexibility index (Phi) is 27.9. The molecule has 0 aliphatic rings. The van der Waals surface area contributed by atoms with Crippen molar-refractivity contribution in [3.63, 3.8) is 0 Å². The van der Waals surface area contributed by atoms with Gasteiger partial charge < -0.3 is 47.7 Å². The fraction of sp³-hybridized carbons (Fsp3) is 0.864. The van der Waals surface area contributed by atoms with Crippen molar-refractivity contribution < 1.29 is 52.5 Å². The van der Waals surface area contributed by atoms with Crippen molar-refractivity contribution in [3.8, 4) is 0 Å². The minimum absolute atomic E-state index is 0.00279. The van der Waals surface area contributed by atoms with Crippen LogP contribution in [0.15, 0.2) is 12.7 Å². The Bertz CT molecular complexity index is 410. The summed E-state index contributed by atoms with van der Waals surface area (Å²) >= 11 is 0. The minimum Gasteiger partial charge on any atom is -0.481 e. The SMILES string of the molecule is C=CCOCCOCCOCCOCCOCCOCCOCCOCCOCCC(=O)O. The van der Waals surface area contributed by atoms with Crippen LogP contribution in [0.5, 0.6) is 0 Å². The van der Waals surface area contributed by atoms with Crippen LogP contribution in [0.1, 0.15) is 6.42 Å². The van der Waals surface area contributed by atoms with Gasteiger partial charge in [-0.25, -0.2) is 0 Å². The van der Waals surface area contributed by atoms with Gasteiger partial charge in [0.05, 0.1) is 125 Å². The van der Waals surface area contributed by atoms with Gasteiger partial charge in [0, 0.05) is 0 Å². The van der Waals surface area contributed by atoms with Crippen molar-refractivity contribution in [1.82, 2.24) is 0 Å². The first-order valence-electron chi connectivity index (χ1n) is 11.3. The summed E-state index contributed by atoms with van der Waals surface area (Å²) < 4.78 is 47.9. The Balaban J connectivity index is 3.01. The molecule has 0 aromatic carbocycles. The molecule has 0 fully saturated rings. The second kappa shape index (κ2) is 28.9. The van der Waals surface area contributed by atoms with Crippen molar-refractivity contribution in [1.29, 1.82) is 0 Å². The van der Waals surface area contributed by atoms with Gasteiger partial charge in [-0.1, -0.05) is 6.08 Å². The lowest BCUT2D eigenvalue weighted by molar-refractivity contribution is -0.138. The van der Waals surface area contributed by atoms with E-state index in [0.717, 1.165) is 0 Å². The van der Waals surface area contributed by atoms with Crippen molar-refractivity contribution in [2.75, 3.05) is 119 Å². The highest BCUT2D eigenvalue weighted by molar-refractivity contribution is 5.66. The number of carboxylic acid groups (broad SMARTS) is 1. The number of hydrogen-bond donors (Lipinski definition) is 1. The number of rotatable bonds is 29. The second-order valence-electron chi connectivity index (χ2n) is 6.41. The molecule has 0 amide bonds. The van der Waals surface area contributed by atoms with Crippen LogP contribution in [0, 0.1) is 0 Å². The Hall–Kier alpha value is -1.15. The predicted octanol–water partition coefficient (Wildman–Crippen LogP) is 0.797. The zero-order valence-corrected chi connectivity index (χ0v) is 19.7. The summed E-state index contributed by atoms with van der Waals surface area (Å²) in [5, 5.41) is 8.45. The molecular formula is C22H42O11. The Morgan fingerprint density at radius 1 is 0.485 bits per heavy atom. The van der Waals surface area contributed by atoms with E-state index in [2.05, 4.69) is 6.58 Å². The van der Waals surface area contributed by atoms with Crippen molar-refractivity contribution in [2.45, 2.75) is 6.42 Å². The van der Waals surface area contributed by atoms with Gasteiger partial charge in [0.15, 0.2) is 0 Å². The molecule has 0 rings (SSSR count). The van der Waals surface area contributed by atoms with Crippen LogP contribution >= 0.6 is 0 Å². The van der Waals surface area contributed by atoms with Gasteiger partial charge in [-0.15, -0.1) is 6.58 Å². The highest BCUT2D eigenvalue weighted by Crippen LogP contribution is 1.87. The fourth-order valence-corrected chi connectivity index (χ4v) is 2.09. The van der Waals surface area contributed by atoms with Crippen LogP contribution in [-0.2, 0) is 47.4 Å². The van der Waals surface area contributed by atoms with Crippen LogP contribution in [0.3, 0.4) is 0 Å². The van der Waals surface area contributed by atoms with E-state index in [1.54, 1.807) is 6.08 Å². The molecular weight excluding hydrogens is 440 g/mol. The summed E-state index contributed by atoms with van der Waals surface area (Å²) in [5.41, 5.74) is 0. The maximum Gasteiger partial charge on any atom is 0.305 e. The molecule has 196 valence electrons. The van der Waals surface area contributed by atoms with Crippen molar-refractivity contribution >= 4 is 5.97 Å². The molecule has 0 radical (unpaired) electrons. The summed E-state index contributed by atoms with van der Waals surface area (Å²) in [6, 6.07) is 0. The van der Waals surface area contributed by atoms with Gasteiger partial charge in [0.2, 0.25) is 0 Å². The van der Waals surface area contributed by atoms with E-state index in [1.807, 2.05) is 0 Å². The van der Waals surface area contributed by atoms with E-state index < -0.39 is 5.97 Å². The number of aliphatic carboxylic acids is 1. The largest absolute Gasteiger partial charge is 0.481 e. The molecule has 0 saturated heterocycles. The Labute approximate surface area is 197 Å². The molecule has 0 aliphatic carbocycles. The van der Waals surface area contributed by atoms with Crippen LogP contribution in [-0.4, -0.2) is 130 Å². The minimum atomic E-state index is -0.871. The van der Waals surface area contributed by atoms with E-state index in [1.165, 1.54) is 0 Å². The van der Waals surface area contributed by atoms with E-state index in [-0.39, 0.29) is 13.0 Å². The van der Waals surface area contributed by atoms with E-state index in [4.69, 9.17) is 47.7 Å². The van der Waals surface area contributed by atoms with Crippen LogP contribution in [0.4, 0.5) is 0 Å². The Morgan fingerprint density at radius 2 is 0.727 bits per heavy atom. The molecule has 0 unspecified atom stereocenters. The molecule has 0 bridgehead atoms. The fourth-order valence-electron chi connectivity index (χ4n) is 2.09. The van der Waals surface area contributed by atoms with Gasteiger partial charge in [-0.3, -0.25) is 4.79 Å². The third kappa shape index (κ3) is 30.9. The third-order valence-electron chi connectivity index (χ3n) is 3.67. The molecule has 0 heterocycles. The van der Waals surface area contributed by atoms with Gasteiger partial charge >= 0.3 is 5.97 Å². The summed E-state index contributed by atoms with van der Waals surface area (Å²) in [7, 11) is 0. The summed E-state index contributed by atoms with van der Waals surface area (Å²) in [5.74, 6) is -0.871. The van der Waals surface area contributed by atoms with E-state index in [0.29, 0.717) is 112 Å². The highest BCUT2D eigenvalue weighted by atomic mass is 16.6. The predicted molar refractivity (Wildman–Crippen MR) is 120 cm³/mol. The van der Waals surface area contributed by atoms with Crippen molar-refractivity contribution in [3.05, 3.63) is 12.7 Å². The first-order chi connectivity index (χ1) is 16.3. The lowest BCUT2D eigenvalue weighted by atomic mass is 10.5. The molecule has 0 aliphatic heterocycles. The van der Waals surface area contributed by atoms with E-state index in [9.17, 15) is 4.79 Å². The molecule has 33 heavy (non-hydrogen) atoms. The molecule has 11 nitrogen and oxygen atoms in total. The summed E-state index contributed by atoms with van der Waals surface area (Å²) in [6.07, 6.45) is 1.71. The van der Waals surface area contributed by atoms with Crippen LogP contribution < -0.4 is 0 Å². The van der Waals surface area contributed by atoms with E-state index >= 15 is 0 Å². The lowest BCUT2D eigenvalue weighted by Crippen LogP contribution is -2.15. The van der Waals surface area contributed by atoms with Crippen molar-refractivity contribution in [2.24, 2.45) is 0 Å². The average molecular weight is 483 g/mol.